The molecule has 0 saturated carbocycles. The molecule has 140 valence electrons. The predicted molar refractivity (Wildman–Crippen MR) is 102 cm³/mol. The molecule has 7 heteroatoms. The molecule has 0 fully saturated rings. The van der Waals surface area contributed by atoms with Crippen LogP contribution in [0.25, 0.3) is 11.6 Å². The highest BCUT2D eigenvalue weighted by atomic mass is 16.5. The van der Waals surface area contributed by atoms with Gasteiger partial charge in [0, 0.05) is 18.2 Å². The van der Waals surface area contributed by atoms with Gasteiger partial charge in [0.05, 0.1) is 19.9 Å². The maximum absolute atomic E-state index is 12.6. The summed E-state index contributed by atoms with van der Waals surface area (Å²) in [6.07, 6.45) is 1.77. The number of fused-ring (bicyclic) bond motifs is 1. The first-order chi connectivity index (χ1) is 13.0. The summed E-state index contributed by atoms with van der Waals surface area (Å²) in [5.41, 5.74) is 8.12. The van der Waals surface area contributed by atoms with Gasteiger partial charge in [-0.25, -0.2) is 0 Å². The Hall–Kier alpha value is -3.48. The molecule has 0 bridgehead atoms. The first kappa shape index (κ1) is 18.3. The Kier molecular flexibility index (Phi) is 5.03. The van der Waals surface area contributed by atoms with Gasteiger partial charge in [-0.15, -0.1) is 0 Å². The second kappa shape index (κ2) is 7.41. The molecule has 0 atom stereocenters. The van der Waals surface area contributed by atoms with E-state index in [0.717, 1.165) is 11.3 Å². The Morgan fingerprint density at radius 2 is 1.78 bits per heavy atom. The number of nitrogens with zero attached hydrogens (tertiary/aromatic N) is 1. The molecule has 2 aromatic rings. The van der Waals surface area contributed by atoms with Gasteiger partial charge in [0.15, 0.2) is 18.1 Å². The minimum Gasteiger partial charge on any atom is -0.493 e. The fraction of sp³-hybridized carbons (Fsp3) is 0.200. The van der Waals surface area contributed by atoms with Crippen molar-refractivity contribution in [2.24, 2.45) is 5.73 Å². The number of amides is 2. The molecule has 1 aliphatic heterocycles. The van der Waals surface area contributed by atoms with E-state index in [-0.39, 0.29) is 18.3 Å². The maximum Gasteiger partial charge on any atom is 0.258 e. The average Bonchev–Trinajstić information content (AvgIpc) is 2.91. The topological polar surface area (TPSA) is 91.1 Å². The molecule has 7 nitrogen and oxygen atoms in total. The van der Waals surface area contributed by atoms with Gasteiger partial charge in [-0.2, -0.15) is 0 Å². The first-order valence-electron chi connectivity index (χ1n) is 8.22. The predicted octanol–water partition coefficient (Wildman–Crippen LogP) is 2.08. The molecular formula is C20H20N2O5. The number of methoxy groups -OCH3 is 2. The fourth-order valence-corrected chi connectivity index (χ4v) is 2.97. The summed E-state index contributed by atoms with van der Waals surface area (Å²) in [5, 5.41) is 0. The molecule has 3 rings (SSSR count). The molecule has 2 amide bonds. The number of para-hydroxylation sites is 1. The number of carbonyl (C=O) groups excluding carboxylic acids is 2. The van der Waals surface area contributed by atoms with Crippen molar-refractivity contribution in [3.63, 3.8) is 0 Å². The highest BCUT2D eigenvalue weighted by Gasteiger charge is 2.29. The first-order valence-corrected chi connectivity index (χ1v) is 8.22. The van der Waals surface area contributed by atoms with Gasteiger partial charge < -0.3 is 24.8 Å². The van der Waals surface area contributed by atoms with Crippen LogP contribution in [-0.2, 0) is 9.59 Å². The largest absolute Gasteiger partial charge is 0.493 e. The molecule has 2 aromatic carbocycles. The number of hydrogen-bond donors (Lipinski definition) is 1. The maximum atomic E-state index is 12.6. The highest BCUT2D eigenvalue weighted by molar-refractivity contribution is 6.35. The summed E-state index contributed by atoms with van der Waals surface area (Å²) in [4.78, 5) is 25.3. The fourth-order valence-electron chi connectivity index (χ4n) is 2.97. The van der Waals surface area contributed by atoms with E-state index >= 15 is 0 Å². The number of hydrogen-bond acceptors (Lipinski definition) is 5. The summed E-state index contributed by atoms with van der Waals surface area (Å²) in [6.45, 7) is -0.302. The zero-order valence-electron chi connectivity index (χ0n) is 15.3. The molecule has 0 spiro atoms. The van der Waals surface area contributed by atoms with Gasteiger partial charge in [-0.1, -0.05) is 18.2 Å². The summed E-state index contributed by atoms with van der Waals surface area (Å²) >= 11 is 0. The SMILES string of the molecule is COc1cc(/C=C2/C(=O)N(C)c3ccccc32)cc(OC)c1OCC(N)=O. The number of benzene rings is 2. The van der Waals surface area contributed by atoms with E-state index in [1.54, 1.807) is 30.2 Å². The minimum atomic E-state index is -0.610. The standard InChI is InChI=1S/C20H20N2O5/c1-22-15-7-5-4-6-13(15)14(20(22)24)8-12-9-16(25-2)19(17(10-12)26-3)27-11-18(21)23/h4-10H,11H2,1-3H3,(H2,21,23)/b14-8+. The smallest absolute Gasteiger partial charge is 0.258 e. The van der Waals surface area contributed by atoms with Crippen molar-refractivity contribution in [3.8, 4) is 17.2 Å². The Bertz CT molecular complexity index is 911. The molecule has 2 N–H and O–H groups in total. The van der Waals surface area contributed by atoms with Crippen LogP contribution in [0, 0.1) is 0 Å². The van der Waals surface area contributed by atoms with Gasteiger partial charge in [0.1, 0.15) is 0 Å². The number of rotatable bonds is 6. The summed E-state index contributed by atoms with van der Waals surface area (Å²) in [5.74, 6) is 0.310. The zero-order chi connectivity index (χ0) is 19.6. The van der Waals surface area contributed by atoms with Crippen molar-refractivity contribution >= 4 is 29.2 Å². The van der Waals surface area contributed by atoms with Crippen LogP contribution in [0.1, 0.15) is 11.1 Å². The normalized spacial score (nSPS) is 14.3. The third-order valence-electron chi connectivity index (χ3n) is 4.24. The number of primary amides is 1. The Morgan fingerprint density at radius 3 is 2.37 bits per heavy atom. The Labute approximate surface area is 156 Å². The van der Waals surface area contributed by atoms with Crippen LogP contribution in [0.3, 0.4) is 0 Å². The molecular weight excluding hydrogens is 348 g/mol. The number of anilines is 1. The van der Waals surface area contributed by atoms with Gasteiger partial charge in [-0.3, -0.25) is 9.59 Å². The van der Waals surface area contributed by atoms with Crippen molar-refractivity contribution < 1.29 is 23.8 Å². The lowest BCUT2D eigenvalue weighted by Crippen LogP contribution is -2.20. The van der Waals surface area contributed by atoms with Gasteiger partial charge >= 0.3 is 0 Å². The molecule has 1 aliphatic rings. The van der Waals surface area contributed by atoms with Crippen LogP contribution in [-0.4, -0.2) is 39.7 Å². The highest BCUT2D eigenvalue weighted by Crippen LogP contribution is 2.41. The van der Waals surface area contributed by atoms with E-state index in [4.69, 9.17) is 19.9 Å². The lowest BCUT2D eigenvalue weighted by Gasteiger charge is -2.14. The molecule has 0 aromatic heterocycles. The van der Waals surface area contributed by atoms with Crippen LogP contribution in [0.2, 0.25) is 0 Å². The second-order valence-electron chi connectivity index (χ2n) is 5.95. The molecule has 1 heterocycles. The van der Waals surface area contributed by atoms with Crippen molar-refractivity contribution in [1.29, 1.82) is 0 Å². The van der Waals surface area contributed by atoms with Crippen LogP contribution < -0.4 is 24.8 Å². The van der Waals surface area contributed by atoms with E-state index in [0.29, 0.717) is 22.6 Å². The van der Waals surface area contributed by atoms with Crippen LogP contribution in [0.15, 0.2) is 36.4 Å². The van der Waals surface area contributed by atoms with Crippen LogP contribution in [0.4, 0.5) is 5.69 Å². The van der Waals surface area contributed by atoms with Crippen molar-refractivity contribution in [3.05, 3.63) is 47.5 Å². The summed E-state index contributed by atoms with van der Waals surface area (Å²) < 4.78 is 16.1. The molecule has 27 heavy (non-hydrogen) atoms. The van der Waals surface area contributed by atoms with E-state index in [1.165, 1.54) is 14.2 Å². The molecule has 0 unspecified atom stereocenters. The lowest BCUT2D eigenvalue weighted by atomic mass is 10.0. The van der Waals surface area contributed by atoms with E-state index in [9.17, 15) is 9.59 Å². The second-order valence-corrected chi connectivity index (χ2v) is 5.95. The van der Waals surface area contributed by atoms with Gasteiger partial charge in [0.25, 0.3) is 11.8 Å². The monoisotopic (exact) mass is 368 g/mol. The van der Waals surface area contributed by atoms with Crippen molar-refractivity contribution in [2.45, 2.75) is 0 Å². The molecule has 0 radical (unpaired) electrons. The number of carbonyl (C=O) groups is 2. The number of likely N-dealkylation sites (N-methyl/N-ethyl adjacent to an activating group) is 1. The van der Waals surface area contributed by atoms with E-state index in [1.807, 2.05) is 24.3 Å². The van der Waals surface area contributed by atoms with E-state index in [2.05, 4.69) is 0 Å². The zero-order valence-corrected chi connectivity index (χ0v) is 15.3. The van der Waals surface area contributed by atoms with Gasteiger partial charge in [0.2, 0.25) is 5.75 Å². The number of ether oxygens (including phenoxy) is 3. The summed E-state index contributed by atoms with van der Waals surface area (Å²) in [7, 11) is 4.70. The number of nitrogens with two attached hydrogens (primary N) is 1. The minimum absolute atomic E-state index is 0.0943. The summed E-state index contributed by atoms with van der Waals surface area (Å²) in [6, 6.07) is 11.0. The lowest BCUT2D eigenvalue weighted by molar-refractivity contribution is -0.120. The van der Waals surface area contributed by atoms with Crippen LogP contribution >= 0.6 is 0 Å². The van der Waals surface area contributed by atoms with Crippen molar-refractivity contribution in [1.82, 2.24) is 0 Å². The molecule has 0 saturated heterocycles. The average molecular weight is 368 g/mol. The third-order valence-corrected chi connectivity index (χ3v) is 4.24. The van der Waals surface area contributed by atoms with Crippen molar-refractivity contribution in [2.75, 3.05) is 32.8 Å². The van der Waals surface area contributed by atoms with Gasteiger partial charge in [-0.05, 0) is 29.8 Å². The molecule has 0 aliphatic carbocycles. The Morgan fingerprint density at radius 1 is 1.15 bits per heavy atom. The van der Waals surface area contributed by atoms with E-state index < -0.39 is 5.91 Å². The van der Waals surface area contributed by atoms with Crippen LogP contribution in [0.5, 0.6) is 17.2 Å². The Balaban J connectivity index is 2.06. The quantitative estimate of drug-likeness (QED) is 0.789. The third kappa shape index (κ3) is 3.44.